The highest BCUT2D eigenvalue weighted by molar-refractivity contribution is 8.13. The molecule has 0 aromatic carbocycles. The Balaban J connectivity index is 2.42. The Morgan fingerprint density at radius 3 is 2.31 bits per heavy atom. The molecule has 0 heterocycles. The Hall–Kier alpha value is 0.200. The summed E-state index contributed by atoms with van der Waals surface area (Å²) in [5.41, 5.74) is -0.106. The van der Waals surface area contributed by atoms with Gasteiger partial charge in [-0.25, -0.2) is 8.42 Å². The second-order valence-corrected chi connectivity index (χ2v) is 8.57. The van der Waals surface area contributed by atoms with E-state index in [2.05, 4.69) is 0 Å². The summed E-state index contributed by atoms with van der Waals surface area (Å²) >= 11 is 0. The molecule has 1 unspecified atom stereocenters. The third-order valence-electron chi connectivity index (χ3n) is 2.99. The van der Waals surface area contributed by atoms with E-state index in [9.17, 15) is 8.42 Å². The highest BCUT2D eigenvalue weighted by Crippen LogP contribution is 2.31. The lowest BCUT2D eigenvalue weighted by Gasteiger charge is -2.29. The summed E-state index contributed by atoms with van der Waals surface area (Å²) in [4.78, 5) is 0. The zero-order valence-corrected chi connectivity index (χ0v) is 11.8. The van der Waals surface area contributed by atoms with Crippen molar-refractivity contribution < 1.29 is 13.2 Å². The van der Waals surface area contributed by atoms with Crippen molar-refractivity contribution in [3.8, 4) is 0 Å². The summed E-state index contributed by atoms with van der Waals surface area (Å²) in [6, 6.07) is 0. The Bertz CT molecular complexity index is 315. The first-order valence-corrected chi connectivity index (χ1v) is 8.16. The first kappa shape index (κ1) is 14.3. The van der Waals surface area contributed by atoms with E-state index in [1.165, 1.54) is 12.8 Å². The summed E-state index contributed by atoms with van der Waals surface area (Å²) in [5.74, 6) is 0.643. The molecule has 1 fully saturated rings. The third kappa shape index (κ3) is 6.06. The molecule has 5 heteroatoms. The van der Waals surface area contributed by atoms with Crippen LogP contribution in [0.2, 0.25) is 0 Å². The Kier molecular flexibility index (Phi) is 4.66. The van der Waals surface area contributed by atoms with Crippen LogP contribution in [0.1, 0.15) is 33.6 Å². The van der Waals surface area contributed by atoms with Crippen molar-refractivity contribution in [1.82, 2.24) is 0 Å². The molecule has 1 rings (SSSR count). The molecule has 0 aromatic heterocycles. The van der Waals surface area contributed by atoms with Crippen molar-refractivity contribution in [1.29, 1.82) is 0 Å². The summed E-state index contributed by atoms with van der Waals surface area (Å²) in [5, 5.41) is 0. The zero-order valence-electron chi connectivity index (χ0n) is 10.2. The first-order valence-electron chi connectivity index (χ1n) is 5.68. The van der Waals surface area contributed by atoms with Crippen molar-refractivity contribution in [2.24, 2.45) is 17.3 Å². The topological polar surface area (TPSA) is 43.4 Å². The van der Waals surface area contributed by atoms with Gasteiger partial charge in [-0.1, -0.05) is 20.8 Å². The summed E-state index contributed by atoms with van der Waals surface area (Å²) in [6.07, 6.45) is 2.49. The number of rotatable bonds is 6. The van der Waals surface area contributed by atoms with Gasteiger partial charge in [-0.15, -0.1) is 0 Å². The molecule has 1 aliphatic rings. The van der Waals surface area contributed by atoms with Crippen LogP contribution < -0.4 is 0 Å². The predicted octanol–water partition coefficient (Wildman–Crippen LogP) is 2.64. The molecule has 0 saturated heterocycles. The van der Waals surface area contributed by atoms with Crippen LogP contribution in [0.3, 0.4) is 0 Å². The van der Waals surface area contributed by atoms with E-state index >= 15 is 0 Å². The van der Waals surface area contributed by atoms with Crippen molar-refractivity contribution in [2.75, 3.05) is 19.0 Å². The van der Waals surface area contributed by atoms with E-state index in [-0.39, 0.29) is 17.1 Å². The lowest BCUT2D eigenvalue weighted by atomic mass is 9.82. The molecule has 0 radical (unpaired) electrons. The molecule has 1 saturated carbocycles. The standard InChI is InChI=1S/C11H21ClO3S/c1-11(2,3)10(8-16(12,13)14)7-15-6-9-4-5-9/h9-10H,4-8H2,1-3H3. The Labute approximate surface area is 103 Å². The minimum absolute atomic E-state index is 0.0112. The van der Waals surface area contributed by atoms with Gasteiger partial charge in [0.05, 0.1) is 12.4 Å². The fraction of sp³-hybridized carbons (Fsp3) is 1.00. The fourth-order valence-corrected chi connectivity index (χ4v) is 2.98. The van der Waals surface area contributed by atoms with Gasteiger partial charge in [0.15, 0.2) is 0 Å². The predicted molar refractivity (Wildman–Crippen MR) is 66.1 cm³/mol. The van der Waals surface area contributed by atoms with Gasteiger partial charge in [-0.3, -0.25) is 0 Å². The quantitative estimate of drug-likeness (QED) is 0.696. The van der Waals surface area contributed by atoms with Crippen molar-refractivity contribution in [2.45, 2.75) is 33.6 Å². The molecular formula is C11H21ClO3S. The van der Waals surface area contributed by atoms with E-state index in [1.807, 2.05) is 20.8 Å². The van der Waals surface area contributed by atoms with Gasteiger partial charge in [-0.2, -0.15) is 0 Å². The summed E-state index contributed by atoms with van der Waals surface area (Å²) < 4.78 is 27.8. The van der Waals surface area contributed by atoms with Gasteiger partial charge < -0.3 is 4.74 Å². The number of ether oxygens (including phenoxy) is 1. The van der Waals surface area contributed by atoms with Crippen molar-refractivity contribution in [3.63, 3.8) is 0 Å². The third-order valence-corrected chi connectivity index (χ3v) is 4.17. The number of halogens is 1. The van der Waals surface area contributed by atoms with Crippen LogP contribution in [0, 0.1) is 17.3 Å². The number of hydrogen-bond acceptors (Lipinski definition) is 3. The first-order chi connectivity index (χ1) is 7.18. The SMILES string of the molecule is CC(C)(C)C(COCC1CC1)CS(=O)(=O)Cl. The maximum Gasteiger partial charge on any atom is 0.232 e. The fourth-order valence-electron chi connectivity index (χ4n) is 1.45. The lowest BCUT2D eigenvalue weighted by Crippen LogP contribution is -2.31. The maximum absolute atomic E-state index is 11.1. The van der Waals surface area contributed by atoms with Crippen molar-refractivity contribution >= 4 is 19.7 Å². The van der Waals surface area contributed by atoms with Gasteiger partial charge >= 0.3 is 0 Å². The van der Waals surface area contributed by atoms with Crippen LogP contribution in [0.4, 0.5) is 0 Å². The van der Waals surface area contributed by atoms with Gasteiger partial charge in [0.2, 0.25) is 9.05 Å². The highest BCUT2D eigenvalue weighted by Gasteiger charge is 2.30. The Morgan fingerprint density at radius 2 is 1.94 bits per heavy atom. The average molecular weight is 269 g/mol. The summed E-state index contributed by atoms with van der Waals surface area (Å²) in [6.45, 7) is 7.28. The molecule has 0 bridgehead atoms. The number of hydrogen-bond donors (Lipinski definition) is 0. The van der Waals surface area contributed by atoms with Crippen LogP contribution in [0.25, 0.3) is 0 Å². The lowest BCUT2D eigenvalue weighted by molar-refractivity contribution is 0.0595. The highest BCUT2D eigenvalue weighted by atomic mass is 35.7. The second kappa shape index (κ2) is 5.23. The molecule has 96 valence electrons. The largest absolute Gasteiger partial charge is 0.381 e. The van der Waals surface area contributed by atoms with Crippen LogP contribution in [0.15, 0.2) is 0 Å². The Morgan fingerprint density at radius 1 is 1.38 bits per heavy atom. The molecule has 1 atom stereocenters. The van der Waals surface area contributed by atoms with E-state index in [0.29, 0.717) is 12.5 Å². The van der Waals surface area contributed by atoms with E-state index in [1.54, 1.807) is 0 Å². The molecule has 1 aliphatic carbocycles. The molecule has 0 amide bonds. The minimum Gasteiger partial charge on any atom is -0.381 e. The molecule has 0 spiro atoms. The average Bonchev–Trinajstić information content (AvgIpc) is 2.82. The van der Waals surface area contributed by atoms with Gasteiger partial charge in [0.25, 0.3) is 0 Å². The van der Waals surface area contributed by atoms with Gasteiger partial charge in [-0.05, 0) is 24.2 Å². The smallest absolute Gasteiger partial charge is 0.232 e. The van der Waals surface area contributed by atoms with E-state index < -0.39 is 9.05 Å². The van der Waals surface area contributed by atoms with E-state index in [4.69, 9.17) is 15.4 Å². The monoisotopic (exact) mass is 268 g/mol. The van der Waals surface area contributed by atoms with Crippen LogP contribution >= 0.6 is 10.7 Å². The van der Waals surface area contributed by atoms with Crippen molar-refractivity contribution in [3.05, 3.63) is 0 Å². The molecule has 0 aromatic rings. The van der Waals surface area contributed by atoms with Crippen LogP contribution in [-0.2, 0) is 13.8 Å². The normalized spacial score (nSPS) is 19.8. The van der Waals surface area contributed by atoms with E-state index in [0.717, 1.165) is 6.61 Å². The zero-order chi connectivity index (χ0) is 12.4. The molecule has 3 nitrogen and oxygen atoms in total. The van der Waals surface area contributed by atoms with Crippen LogP contribution in [0.5, 0.6) is 0 Å². The van der Waals surface area contributed by atoms with Gasteiger partial charge in [0, 0.05) is 23.2 Å². The van der Waals surface area contributed by atoms with Crippen LogP contribution in [-0.4, -0.2) is 27.4 Å². The maximum atomic E-state index is 11.1. The molecular weight excluding hydrogens is 248 g/mol. The minimum atomic E-state index is -3.45. The molecule has 0 aliphatic heterocycles. The second-order valence-electron chi connectivity index (χ2n) is 5.75. The van der Waals surface area contributed by atoms with Gasteiger partial charge in [0.1, 0.15) is 0 Å². The summed E-state index contributed by atoms with van der Waals surface area (Å²) in [7, 11) is 1.86. The molecule has 0 N–H and O–H groups in total. The molecule has 16 heavy (non-hydrogen) atoms.